The zero-order valence-electron chi connectivity index (χ0n) is 13.3. The number of methoxy groups -OCH3 is 1. The molecule has 2 rings (SSSR count). The van der Waals surface area contributed by atoms with Crippen molar-refractivity contribution in [3.8, 4) is 5.75 Å². The molecular weight excluding hydrogens is 292 g/mol. The van der Waals surface area contributed by atoms with Crippen LogP contribution in [0, 0.1) is 0 Å². The molecule has 0 heterocycles. The second-order valence-electron chi connectivity index (χ2n) is 4.89. The van der Waals surface area contributed by atoms with Gasteiger partial charge in [-0.1, -0.05) is 24.3 Å². The van der Waals surface area contributed by atoms with Gasteiger partial charge in [-0.25, -0.2) is 0 Å². The average Bonchev–Trinajstić information content (AvgIpc) is 2.61. The van der Waals surface area contributed by atoms with E-state index in [4.69, 9.17) is 4.74 Å². The maximum absolute atomic E-state index is 12.3. The van der Waals surface area contributed by atoms with Crippen LogP contribution in [0.5, 0.6) is 5.75 Å². The zero-order chi connectivity index (χ0) is 16.7. The Bertz CT molecular complexity index is 671. The topological polar surface area (TPSA) is 58.6 Å². The molecule has 23 heavy (non-hydrogen) atoms. The molecule has 0 saturated carbocycles. The van der Waals surface area contributed by atoms with Crippen molar-refractivity contribution in [1.29, 1.82) is 0 Å². The van der Waals surface area contributed by atoms with E-state index in [1.165, 1.54) is 0 Å². The molecule has 2 aromatic rings. The quantitative estimate of drug-likeness (QED) is 0.891. The average molecular weight is 312 g/mol. The summed E-state index contributed by atoms with van der Waals surface area (Å²) in [6.45, 7) is 2.38. The maximum atomic E-state index is 12.3. The molecule has 0 aliphatic rings. The Labute approximate surface area is 135 Å². The predicted molar refractivity (Wildman–Crippen MR) is 89.8 cm³/mol. The molecule has 0 radical (unpaired) electrons. The zero-order valence-corrected chi connectivity index (χ0v) is 13.3. The molecule has 1 N–H and O–H groups in total. The Morgan fingerprint density at radius 3 is 2.48 bits per heavy atom. The van der Waals surface area contributed by atoms with Crippen LogP contribution in [-0.2, 0) is 4.79 Å². The van der Waals surface area contributed by atoms with E-state index >= 15 is 0 Å². The molecule has 120 valence electrons. The standard InChI is InChI=1S/C18H20N2O3/c1-3-20(15-9-5-4-6-10-15)17(21)13-19-18(22)14-8-7-11-16(12-14)23-2/h4-12H,3,13H2,1-2H3,(H,19,22). The van der Waals surface area contributed by atoms with Gasteiger partial charge in [0.25, 0.3) is 5.91 Å². The van der Waals surface area contributed by atoms with Gasteiger partial charge in [0, 0.05) is 17.8 Å². The minimum atomic E-state index is -0.304. The van der Waals surface area contributed by atoms with Gasteiger partial charge in [0.15, 0.2) is 0 Å². The second-order valence-corrected chi connectivity index (χ2v) is 4.89. The van der Waals surface area contributed by atoms with Crippen molar-refractivity contribution in [3.05, 3.63) is 60.2 Å². The third kappa shape index (κ3) is 4.32. The van der Waals surface area contributed by atoms with Crippen LogP contribution in [0.1, 0.15) is 17.3 Å². The van der Waals surface area contributed by atoms with Gasteiger partial charge in [0.1, 0.15) is 5.75 Å². The first-order chi connectivity index (χ1) is 11.2. The lowest BCUT2D eigenvalue weighted by Gasteiger charge is -2.21. The summed E-state index contributed by atoms with van der Waals surface area (Å²) in [7, 11) is 1.54. The summed E-state index contributed by atoms with van der Waals surface area (Å²) in [5, 5.41) is 2.65. The Hall–Kier alpha value is -2.82. The number of nitrogens with zero attached hydrogens (tertiary/aromatic N) is 1. The fraction of sp³-hybridized carbons (Fsp3) is 0.222. The number of nitrogens with one attached hydrogen (secondary N) is 1. The highest BCUT2D eigenvalue weighted by Gasteiger charge is 2.15. The van der Waals surface area contributed by atoms with Gasteiger partial charge >= 0.3 is 0 Å². The number of carbonyl (C=O) groups is 2. The largest absolute Gasteiger partial charge is 0.497 e. The van der Waals surface area contributed by atoms with Gasteiger partial charge in [0.2, 0.25) is 5.91 Å². The Kier molecular flexibility index (Phi) is 5.74. The first kappa shape index (κ1) is 16.5. The van der Waals surface area contributed by atoms with Crippen LogP contribution in [0.2, 0.25) is 0 Å². The van der Waals surface area contributed by atoms with Crippen molar-refractivity contribution in [1.82, 2.24) is 5.32 Å². The van der Waals surface area contributed by atoms with Crippen molar-refractivity contribution in [2.75, 3.05) is 25.1 Å². The van der Waals surface area contributed by atoms with Gasteiger partial charge < -0.3 is 15.0 Å². The molecule has 0 fully saturated rings. The Morgan fingerprint density at radius 2 is 1.83 bits per heavy atom. The first-order valence-electron chi connectivity index (χ1n) is 7.43. The summed E-state index contributed by atoms with van der Waals surface area (Å²) in [6.07, 6.45) is 0. The van der Waals surface area contributed by atoms with Crippen LogP contribution in [0.25, 0.3) is 0 Å². The van der Waals surface area contributed by atoms with Crippen molar-refractivity contribution >= 4 is 17.5 Å². The highest BCUT2D eigenvalue weighted by molar-refractivity contribution is 6.00. The lowest BCUT2D eigenvalue weighted by Crippen LogP contribution is -2.40. The number of rotatable bonds is 6. The highest BCUT2D eigenvalue weighted by atomic mass is 16.5. The lowest BCUT2D eigenvalue weighted by atomic mass is 10.2. The van der Waals surface area contributed by atoms with E-state index in [0.29, 0.717) is 17.9 Å². The molecule has 0 aliphatic carbocycles. The highest BCUT2D eigenvalue weighted by Crippen LogP contribution is 2.14. The van der Waals surface area contributed by atoms with Crippen molar-refractivity contribution in [2.45, 2.75) is 6.92 Å². The number of carbonyl (C=O) groups excluding carboxylic acids is 2. The monoisotopic (exact) mass is 312 g/mol. The number of benzene rings is 2. The number of amides is 2. The van der Waals surface area contributed by atoms with E-state index in [2.05, 4.69) is 5.32 Å². The van der Waals surface area contributed by atoms with E-state index in [-0.39, 0.29) is 18.4 Å². The summed E-state index contributed by atoms with van der Waals surface area (Å²) >= 11 is 0. The smallest absolute Gasteiger partial charge is 0.251 e. The molecule has 2 aromatic carbocycles. The Balaban J connectivity index is 1.98. The summed E-state index contributed by atoms with van der Waals surface area (Å²) < 4.78 is 5.09. The van der Waals surface area contributed by atoms with Crippen LogP contribution < -0.4 is 15.0 Å². The summed E-state index contributed by atoms with van der Waals surface area (Å²) in [6, 6.07) is 16.2. The van der Waals surface area contributed by atoms with Crippen LogP contribution in [0.4, 0.5) is 5.69 Å². The number of ether oxygens (including phenoxy) is 1. The van der Waals surface area contributed by atoms with Crippen molar-refractivity contribution in [3.63, 3.8) is 0 Å². The fourth-order valence-corrected chi connectivity index (χ4v) is 2.23. The minimum absolute atomic E-state index is 0.0568. The normalized spacial score (nSPS) is 10.0. The maximum Gasteiger partial charge on any atom is 0.251 e. The number of anilines is 1. The van der Waals surface area contributed by atoms with Gasteiger partial charge in [-0.2, -0.15) is 0 Å². The SMILES string of the molecule is CCN(C(=O)CNC(=O)c1cccc(OC)c1)c1ccccc1. The summed E-state index contributed by atoms with van der Waals surface area (Å²) in [5.74, 6) is 0.139. The molecule has 0 saturated heterocycles. The molecule has 0 spiro atoms. The number of hydrogen-bond donors (Lipinski definition) is 1. The fourth-order valence-electron chi connectivity index (χ4n) is 2.23. The van der Waals surface area contributed by atoms with Crippen LogP contribution in [0.15, 0.2) is 54.6 Å². The van der Waals surface area contributed by atoms with E-state index in [1.54, 1.807) is 36.3 Å². The predicted octanol–water partition coefficient (Wildman–Crippen LogP) is 2.48. The molecule has 0 atom stereocenters. The molecule has 0 aliphatic heterocycles. The number of para-hydroxylation sites is 1. The van der Waals surface area contributed by atoms with Crippen LogP contribution in [0.3, 0.4) is 0 Å². The van der Waals surface area contributed by atoms with Crippen molar-refractivity contribution < 1.29 is 14.3 Å². The molecular formula is C18H20N2O3. The first-order valence-corrected chi connectivity index (χ1v) is 7.43. The van der Waals surface area contributed by atoms with Crippen molar-refractivity contribution in [2.24, 2.45) is 0 Å². The molecule has 5 nitrogen and oxygen atoms in total. The third-order valence-electron chi connectivity index (χ3n) is 3.42. The van der Waals surface area contributed by atoms with E-state index < -0.39 is 0 Å². The summed E-state index contributed by atoms with van der Waals surface area (Å²) in [5.41, 5.74) is 1.27. The summed E-state index contributed by atoms with van der Waals surface area (Å²) in [4.78, 5) is 26.1. The molecule has 2 amide bonds. The van der Waals surface area contributed by atoms with E-state index in [0.717, 1.165) is 5.69 Å². The van der Waals surface area contributed by atoms with Gasteiger partial charge in [-0.05, 0) is 37.3 Å². The van der Waals surface area contributed by atoms with Crippen LogP contribution in [-0.4, -0.2) is 32.0 Å². The second kappa shape index (κ2) is 7.98. The van der Waals surface area contributed by atoms with E-state index in [1.807, 2.05) is 37.3 Å². The van der Waals surface area contributed by atoms with Gasteiger partial charge in [0.05, 0.1) is 13.7 Å². The lowest BCUT2D eigenvalue weighted by molar-refractivity contribution is -0.117. The van der Waals surface area contributed by atoms with Crippen LogP contribution >= 0.6 is 0 Å². The molecule has 0 unspecified atom stereocenters. The van der Waals surface area contributed by atoms with Gasteiger partial charge in [-0.15, -0.1) is 0 Å². The molecule has 5 heteroatoms. The Morgan fingerprint density at radius 1 is 1.09 bits per heavy atom. The molecule has 0 aromatic heterocycles. The minimum Gasteiger partial charge on any atom is -0.497 e. The van der Waals surface area contributed by atoms with E-state index in [9.17, 15) is 9.59 Å². The van der Waals surface area contributed by atoms with Gasteiger partial charge in [-0.3, -0.25) is 9.59 Å². The number of likely N-dealkylation sites (N-methyl/N-ethyl adjacent to an activating group) is 1. The third-order valence-corrected chi connectivity index (χ3v) is 3.42. The number of hydrogen-bond acceptors (Lipinski definition) is 3. The molecule has 0 bridgehead atoms.